The molecule has 0 amide bonds. The lowest BCUT2D eigenvalue weighted by Crippen LogP contribution is -2.70. The van der Waals surface area contributed by atoms with E-state index in [1.165, 1.54) is 19.1 Å². The Morgan fingerprint density at radius 2 is 1.95 bits per heavy atom. The Hall–Kier alpha value is -2.06. The number of carbonyl (C=O) groups is 4. The number of ether oxygens (including phenoxy) is 2. The van der Waals surface area contributed by atoms with Crippen LogP contribution >= 0.6 is 11.6 Å². The van der Waals surface area contributed by atoms with Gasteiger partial charge in [0.15, 0.2) is 22.8 Å². The summed E-state index contributed by atoms with van der Waals surface area (Å²) in [6.07, 6.45) is 2.68. The van der Waals surface area contributed by atoms with Crippen molar-refractivity contribution >= 4 is 35.1 Å². The Morgan fingerprint density at radius 3 is 2.54 bits per heavy atom. The molecule has 0 spiro atoms. The Bertz CT molecular complexity index is 1080. The standard InChI is InChI=1S/C28H36ClFO7/c1-6-23(34)37-28(21(33)14-29)15(2)11-20-19-8-7-17-12-18(32)9-10-25(17,4)27(19,30)22(13-26(20,28)5)36-24(35)16(3)31/h9-10,12,15-16,19-20,22,31H,6-8,11,13-14H2,1-5H3/t15-,16?,19-,20-,22-,25-,26-,27-,28-/m0/s1. The number of rotatable bonds is 6. The quantitative estimate of drug-likeness (QED) is 0.402. The molecular weight excluding hydrogens is 503 g/mol. The normalized spacial score (nSPS) is 43.1. The average Bonchev–Trinajstić information content (AvgIpc) is 3.06. The van der Waals surface area contributed by atoms with Gasteiger partial charge in [-0.1, -0.05) is 32.4 Å². The third kappa shape index (κ3) is 3.68. The van der Waals surface area contributed by atoms with Crippen molar-refractivity contribution in [3.05, 3.63) is 23.8 Å². The van der Waals surface area contributed by atoms with Crippen molar-refractivity contribution in [3.8, 4) is 0 Å². The van der Waals surface area contributed by atoms with Crippen LogP contribution in [-0.2, 0) is 28.7 Å². The topological polar surface area (TPSA) is 107 Å². The van der Waals surface area contributed by atoms with E-state index >= 15 is 4.39 Å². The van der Waals surface area contributed by atoms with E-state index in [4.69, 9.17) is 21.1 Å². The first-order valence-electron chi connectivity index (χ1n) is 13.1. The van der Waals surface area contributed by atoms with Crippen LogP contribution in [0.4, 0.5) is 4.39 Å². The fraction of sp³-hybridized carbons (Fsp3) is 0.714. The van der Waals surface area contributed by atoms with Crippen molar-refractivity contribution in [2.45, 2.75) is 90.2 Å². The highest BCUT2D eigenvalue weighted by molar-refractivity contribution is 6.29. The molecule has 9 heteroatoms. The molecule has 4 rings (SSSR count). The molecule has 0 radical (unpaired) electrons. The van der Waals surface area contributed by atoms with Crippen LogP contribution in [0.15, 0.2) is 23.8 Å². The van der Waals surface area contributed by atoms with Crippen molar-refractivity contribution in [1.82, 2.24) is 0 Å². The van der Waals surface area contributed by atoms with Gasteiger partial charge in [-0.3, -0.25) is 14.4 Å². The molecule has 0 aromatic rings. The van der Waals surface area contributed by atoms with Gasteiger partial charge in [0.25, 0.3) is 0 Å². The summed E-state index contributed by atoms with van der Waals surface area (Å²) in [5.41, 5.74) is -5.43. The molecule has 204 valence electrons. The van der Waals surface area contributed by atoms with Gasteiger partial charge in [-0.15, -0.1) is 11.6 Å². The van der Waals surface area contributed by atoms with E-state index in [-0.39, 0.29) is 24.5 Å². The van der Waals surface area contributed by atoms with Crippen molar-refractivity contribution < 1.29 is 38.1 Å². The predicted molar refractivity (Wildman–Crippen MR) is 133 cm³/mol. The average molecular weight is 539 g/mol. The van der Waals surface area contributed by atoms with Crippen LogP contribution in [0.1, 0.15) is 66.7 Å². The van der Waals surface area contributed by atoms with Crippen molar-refractivity contribution in [2.75, 3.05) is 5.88 Å². The molecule has 3 saturated carbocycles. The fourth-order valence-corrected chi connectivity index (χ4v) is 8.28. The summed E-state index contributed by atoms with van der Waals surface area (Å²) in [7, 11) is 0. The molecule has 0 aliphatic heterocycles. The summed E-state index contributed by atoms with van der Waals surface area (Å²) >= 11 is 6.08. The maximum atomic E-state index is 18.0. The third-order valence-electron chi connectivity index (χ3n) is 9.86. The van der Waals surface area contributed by atoms with Gasteiger partial charge >= 0.3 is 11.9 Å². The van der Waals surface area contributed by atoms with Crippen LogP contribution in [0.3, 0.4) is 0 Å². The van der Waals surface area contributed by atoms with Crippen LogP contribution in [0, 0.1) is 28.6 Å². The zero-order valence-electron chi connectivity index (χ0n) is 22.0. The molecule has 4 aliphatic rings. The predicted octanol–water partition coefficient (Wildman–Crippen LogP) is 4.03. The summed E-state index contributed by atoms with van der Waals surface area (Å²) in [6, 6.07) is 0. The van der Waals surface area contributed by atoms with Gasteiger partial charge in [-0.2, -0.15) is 0 Å². The summed E-state index contributed by atoms with van der Waals surface area (Å²) in [5, 5.41) is 9.93. The van der Waals surface area contributed by atoms with Gasteiger partial charge in [0.2, 0.25) is 0 Å². The van der Waals surface area contributed by atoms with E-state index in [0.717, 1.165) is 0 Å². The van der Waals surface area contributed by atoms with Crippen molar-refractivity contribution in [2.24, 2.45) is 28.6 Å². The number of halogens is 2. The Balaban J connectivity index is 1.92. The monoisotopic (exact) mass is 538 g/mol. The molecule has 0 aromatic heterocycles. The minimum atomic E-state index is -2.13. The molecule has 0 saturated heterocycles. The second-order valence-electron chi connectivity index (χ2n) is 11.6. The van der Waals surface area contributed by atoms with Gasteiger partial charge in [-0.25, -0.2) is 9.18 Å². The molecule has 0 aromatic carbocycles. The maximum Gasteiger partial charge on any atom is 0.335 e. The van der Waals surface area contributed by atoms with Gasteiger partial charge < -0.3 is 14.6 Å². The zero-order valence-corrected chi connectivity index (χ0v) is 22.8. The van der Waals surface area contributed by atoms with Gasteiger partial charge in [-0.05, 0) is 57.6 Å². The van der Waals surface area contributed by atoms with E-state index in [1.807, 2.05) is 13.8 Å². The van der Waals surface area contributed by atoms with Crippen LogP contribution < -0.4 is 0 Å². The Labute approximate surface area is 221 Å². The number of allylic oxidation sites excluding steroid dienone is 4. The minimum absolute atomic E-state index is 0.0484. The first-order valence-corrected chi connectivity index (χ1v) is 13.6. The molecule has 1 unspecified atom stereocenters. The van der Waals surface area contributed by atoms with E-state index in [9.17, 15) is 24.3 Å². The number of fused-ring (bicyclic) bond motifs is 5. The Kier molecular flexibility index (Phi) is 7.03. The fourth-order valence-electron chi connectivity index (χ4n) is 8.08. The summed E-state index contributed by atoms with van der Waals surface area (Å²) in [5.74, 6) is -4.12. The number of alkyl halides is 2. The molecule has 0 heterocycles. The molecule has 0 bridgehead atoms. The molecule has 9 atom stereocenters. The summed E-state index contributed by atoms with van der Waals surface area (Å²) < 4.78 is 29.7. The molecule has 7 nitrogen and oxygen atoms in total. The third-order valence-corrected chi connectivity index (χ3v) is 10.1. The van der Waals surface area contributed by atoms with Crippen LogP contribution in [0.5, 0.6) is 0 Å². The highest BCUT2D eigenvalue weighted by atomic mass is 35.5. The second kappa shape index (κ2) is 9.30. The first kappa shape index (κ1) is 28.0. The molecular formula is C28H36ClFO7. The lowest BCUT2D eigenvalue weighted by atomic mass is 9.44. The van der Waals surface area contributed by atoms with E-state index in [0.29, 0.717) is 24.8 Å². The van der Waals surface area contributed by atoms with E-state index < -0.39 is 69.8 Å². The molecule has 4 aliphatic carbocycles. The number of esters is 2. The number of ketones is 2. The van der Waals surface area contributed by atoms with Gasteiger partial charge in [0, 0.05) is 29.1 Å². The zero-order chi connectivity index (χ0) is 27.6. The van der Waals surface area contributed by atoms with E-state index in [1.54, 1.807) is 19.9 Å². The van der Waals surface area contributed by atoms with Crippen LogP contribution in [-0.4, -0.2) is 58.0 Å². The number of carbonyl (C=O) groups excluding carboxylic acids is 4. The maximum absolute atomic E-state index is 18.0. The van der Waals surface area contributed by atoms with E-state index in [2.05, 4.69) is 0 Å². The second-order valence-corrected chi connectivity index (χ2v) is 11.9. The van der Waals surface area contributed by atoms with Crippen molar-refractivity contribution in [1.29, 1.82) is 0 Å². The number of Topliss-reactive ketones (excluding diaryl/α,β-unsaturated/α-hetero) is 1. The minimum Gasteiger partial charge on any atom is -0.457 e. The molecule has 1 N–H and O–H groups in total. The highest BCUT2D eigenvalue weighted by Gasteiger charge is 2.78. The SMILES string of the molecule is CCC(=O)O[C@]1(C(=O)CCl)[C@@H](C)C[C@H]2[C@@H]3CCC4=CC(=O)C=C[C@]4(C)[C@@]3(F)[C@@H](OC(=O)C(C)O)C[C@@]21C. The summed E-state index contributed by atoms with van der Waals surface area (Å²) in [6.45, 7) is 8.22. The van der Waals surface area contributed by atoms with Gasteiger partial charge in [0.1, 0.15) is 12.2 Å². The molecule has 37 heavy (non-hydrogen) atoms. The first-order chi connectivity index (χ1) is 17.2. The molecule has 3 fully saturated rings. The lowest BCUT2D eigenvalue weighted by molar-refractivity contribution is -0.237. The lowest BCUT2D eigenvalue weighted by Gasteiger charge is -2.63. The van der Waals surface area contributed by atoms with Crippen molar-refractivity contribution in [3.63, 3.8) is 0 Å². The van der Waals surface area contributed by atoms with Gasteiger partial charge in [0.05, 0.1) is 5.88 Å². The smallest absolute Gasteiger partial charge is 0.335 e. The summed E-state index contributed by atoms with van der Waals surface area (Å²) in [4.78, 5) is 51.1. The highest BCUT2D eigenvalue weighted by Crippen LogP contribution is 2.72. The number of aliphatic hydroxyl groups excluding tert-OH is 1. The largest absolute Gasteiger partial charge is 0.457 e. The van der Waals surface area contributed by atoms with Crippen LogP contribution in [0.2, 0.25) is 0 Å². The number of aliphatic hydroxyl groups is 1. The number of hydrogen-bond donors (Lipinski definition) is 1. The number of hydrogen-bond acceptors (Lipinski definition) is 7. The Morgan fingerprint density at radius 1 is 1.27 bits per heavy atom. The van der Waals surface area contributed by atoms with Crippen LogP contribution in [0.25, 0.3) is 0 Å².